The lowest BCUT2D eigenvalue weighted by atomic mass is 10.1. The van der Waals surface area contributed by atoms with E-state index < -0.39 is 5.97 Å². The molecule has 0 aliphatic carbocycles. The molecule has 2 aromatic rings. The molecule has 5 nitrogen and oxygen atoms in total. The molecule has 1 N–H and O–H groups in total. The average molecular weight is 325 g/mol. The molecule has 24 heavy (non-hydrogen) atoms. The first-order valence-corrected chi connectivity index (χ1v) is 7.98. The van der Waals surface area contributed by atoms with Gasteiger partial charge in [0.25, 0.3) is 5.91 Å². The Kier molecular flexibility index (Phi) is 4.79. The van der Waals surface area contributed by atoms with Gasteiger partial charge in [0.1, 0.15) is 17.9 Å². The first-order chi connectivity index (χ1) is 11.6. The number of hydrogen-bond acceptors (Lipinski definition) is 3. The van der Waals surface area contributed by atoms with Crippen LogP contribution in [0.4, 0.5) is 0 Å². The molecule has 1 saturated heterocycles. The van der Waals surface area contributed by atoms with Crippen molar-refractivity contribution in [2.24, 2.45) is 0 Å². The van der Waals surface area contributed by atoms with Crippen LogP contribution in [0.3, 0.4) is 0 Å². The molecule has 124 valence electrons. The molecule has 1 amide bonds. The zero-order valence-corrected chi connectivity index (χ0v) is 13.3. The van der Waals surface area contributed by atoms with E-state index in [1.807, 2.05) is 30.3 Å². The van der Waals surface area contributed by atoms with Crippen molar-refractivity contribution in [2.45, 2.75) is 19.4 Å². The van der Waals surface area contributed by atoms with Gasteiger partial charge >= 0.3 is 5.97 Å². The Labute approximate surface area is 140 Å². The van der Waals surface area contributed by atoms with Gasteiger partial charge in [0.15, 0.2) is 0 Å². The Morgan fingerprint density at radius 1 is 1.04 bits per heavy atom. The number of nitrogens with zero attached hydrogens (tertiary/aromatic N) is 1. The molecule has 3 rings (SSSR count). The molecule has 2 aromatic carbocycles. The minimum absolute atomic E-state index is 0.0102. The minimum atomic E-state index is -1.10. The van der Waals surface area contributed by atoms with Crippen LogP contribution < -0.4 is 4.74 Å². The number of benzene rings is 2. The second-order valence-corrected chi connectivity index (χ2v) is 5.79. The second-order valence-electron chi connectivity index (χ2n) is 5.79. The van der Waals surface area contributed by atoms with Crippen molar-refractivity contribution < 1.29 is 19.4 Å². The summed E-state index contributed by atoms with van der Waals surface area (Å²) in [7, 11) is 0. The fourth-order valence-electron chi connectivity index (χ4n) is 2.79. The minimum Gasteiger partial charge on any atom is -0.488 e. The van der Waals surface area contributed by atoms with Crippen LogP contribution in [0.1, 0.15) is 39.1 Å². The van der Waals surface area contributed by atoms with Crippen molar-refractivity contribution in [2.75, 3.05) is 13.1 Å². The predicted molar refractivity (Wildman–Crippen MR) is 89.3 cm³/mol. The van der Waals surface area contributed by atoms with Crippen molar-refractivity contribution in [3.63, 3.8) is 0 Å². The third-order valence-corrected chi connectivity index (χ3v) is 4.09. The van der Waals surface area contributed by atoms with E-state index in [0.717, 1.165) is 31.5 Å². The van der Waals surface area contributed by atoms with E-state index >= 15 is 0 Å². The number of aromatic carboxylic acids is 1. The summed E-state index contributed by atoms with van der Waals surface area (Å²) >= 11 is 0. The van der Waals surface area contributed by atoms with Gasteiger partial charge in [-0.3, -0.25) is 4.79 Å². The lowest BCUT2D eigenvalue weighted by Crippen LogP contribution is -2.27. The highest BCUT2D eigenvalue weighted by Crippen LogP contribution is 2.23. The van der Waals surface area contributed by atoms with E-state index in [1.54, 1.807) is 17.0 Å². The van der Waals surface area contributed by atoms with Gasteiger partial charge in [-0.05, 0) is 36.6 Å². The summed E-state index contributed by atoms with van der Waals surface area (Å²) in [6.45, 7) is 1.74. The molecule has 1 aliphatic heterocycles. The predicted octanol–water partition coefficient (Wildman–Crippen LogP) is 3.20. The van der Waals surface area contributed by atoms with Gasteiger partial charge in [0.2, 0.25) is 0 Å². The van der Waals surface area contributed by atoms with Crippen molar-refractivity contribution in [3.05, 3.63) is 65.2 Å². The summed E-state index contributed by atoms with van der Waals surface area (Å²) < 4.78 is 5.64. The quantitative estimate of drug-likeness (QED) is 0.917. The highest BCUT2D eigenvalue weighted by molar-refractivity contribution is 5.99. The average Bonchev–Trinajstić information content (AvgIpc) is 3.14. The summed E-state index contributed by atoms with van der Waals surface area (Å²) in [5, 5.41) is 9.43. The van der Waals surface area contributed by atoms with Crippen molar-refractivity contribution >= 4 is 11.9 Å². The number of rotatable bonds is 5. The Bertz CT molecular complexity index is 736. The molecule has 0 aromatic heterocycles. The van der Waals surface area contributed by atoms with Gasteiger partial charge in [0.05, 0.1) is 0 Å². The highest BCUT2D eigenvalue weighted by Gasteiger charge is 2.22. The Morgan fingerprint density at radius 2 is 1.75 bits per heavy atom. The fourth-order valence-corrected chi connectivity index (χ4v) is 2.79. The SMILES string of the molecule is O=C(O)c1cc(C(=O)N2CCCC2)ccc1OCc1ccccc1. The molecular formula is C19H19NO4. The van der Waals surface area contributed by atoms with Crippen LogP contribution in [0.25, 0.3) is 0 Å². The first kappa shape index (κ1) is 16.1. The molecular weight excluding hydrogens is 306 g/mol. The molecule has 0 saturated carbocycles. The second kappa shape index (κ2) is 7.17. The molecule has 0 radical (unpaired) electrons. The van der Waals surface area contributed by atoms with E-state index in [4.69, 9.17) is 4.74 Å². The molecule has 0 spiro atoms. The van der Waals surface area contributed by atoms with Crippen LogP contribution in [-0.2, 0) is 6.61 Å². The van der Waals surface area contributed by atoms with Crippen LogP contribution >= 0.6 is 0 Å². The number of hydrogen-bond donors (Lipinski definition) is 1. The summed E-state index contributed by atoms with van der Waals surface area (Å²) in [5.41, 5.74) is 1.35. The summed E-state index contributed by atoms with van der Waals surface area (Å²) in [5.74, 6) is -0.955. The largest absolute Gasteiger partial charge is 0.488 e. The van der Waals surface area contributed by atoms with Crippen LogP contribution in [0.2, 0.25) is 0 Å². The van der Waals surface area contributed by atoms with Gasteiger partial charge in [-0.15, -0.1) is 0 Å². The maximum atomic E-state index is 12.4. The zero-order chi connectivity index (χ0) is 16.9. The van der Waals surface area contributed by atoms with Crippen molar-refractivity contribution in [1.29, 1.82) is 0 Å². The number of amides is 1. The standard InChI is InChI=1S/C19H19NO4/c21-18(20-10-4-5-11-20)15-8-9-17(16(12-15)19(22)23)24-13-14-6-2-1-3-7-14/h1-3,6-9,12H,4-5,10-11,13H2,(H,22,23). The summed E-state index contributed by atoms with van der Waals surface area (Å²) in [6.07, 6.45) is 1.99. The number of carbonyl (C=O) groups is 2. The lowest BCUT2D eigenvalue weighted by Gasteiger charge is -2.16. The number of carbonyl (C=O) groups excluding carboxylic acids is 1. The maximum Gasteiger partial charge on any atom is 0.339 e. The lowest BCUT2D eigenvalue weighted by molar-refractivity contribution is 0.0691. The third-order valence-electron chi connectivity index (χ3n) is 4.09. The normalized spacial score (nSPS) is 13.8. The fraction of sp³-hybridized carbons (Fsp3) is 0.263. The smallest absolute Gasteiger partial charge is 0.339 e. The maximum absolute atomic E-state index is 12.4. The molecule has 0 unspecified atom stereocenters. The Morgan fingerprint density at radius 3 is 2.42 bits per heavy atom. The van der Waals surface area contributed by atoms with E-state index in [9.17, 15) is 14.7 Å². The number of ether oxygens (including phenoxy) is 1. The van der Waals surface area contributed by atoms with Gasteiger partial charge < -0.3 is 14.7 Å². The molecule has 5 heteroatoms. The van der Waals surface area contributed by atoms with E-state index in [-0.39, 0.29) is 23.8 Å². The number of carboxylic acid groups (broad SMARTS) is 1. The summed E-state index contributed by atoms with van der Waals surface area (Å²) in [6, 6.07) is 14.1. The Balaban J connectivity index is 1.79. The van der Waals surface area contributed by atoms with Gasteiger partial charge in [-0.25, -0.2) is 4.79 Å². The number of likely N-dealkylation sites (tertiary alicyclic amines) is 1. The molecule has 0 atom stereocenters. The number of carboxylic acids is 1. The Hall–Kier alpha value is -2.82. The third kappa shape index (κ3) is 3.56. The summed E-state index contributed by atoms with van der Waals surface area (Å²) in [4.78, 5) is 25.7. The molecule has 1 heterocycles. The van der Waals surface area contributed by atoms with E-state index in [1.165, 1.54) is 6.07 Å². The monoisotopic (exact) mass is 325 g/mol. The highest BCUT2D eigenvalue weighted by atomic mass is 16.5. The molecule has 1 aliphatic rings. The van der Waals surface area contributed by atoms with E-state index in [2.05, 4.69) is 0 Å². The van der Waals surface area contributed by atoms with E-state index in [0.29, 0.717) is 5.56 Å². The molecule has 0 bridgehead atoms. The van der Waals surface area contributed by atoms with Crippen molar-refractivity contribution in [1.82, 2.24) is 4.90 Å². The van der Waals surface area contributed by atoms with Crippen LogP contribution in [0.5, 0.6) is 5.75 Å². The zero-order valence-electron chi connectivity index (χ0n) is 13.3. The topological polar surface area (TPSA) is 66.8 Å². The van der Waals surface area contributed by atoms with Crippen LogP contribution in [0, 0.1) is 0 Å². The van der Waals surface area contributed by atoms with Crippen molar-refractivity contribution in [3.8, 4) is 5.75 Å². The van der Waals surface area contributed by atoms with Crippen LogP contribution in [0.15, 0.2) is 48.5 Å². The van der Waals surface area contributed by atoms with Crippen LogP contribution in [-0.4, -0.2) is 35.0 Å². The van der Waals surface area contributed by atoms with Gasteiger partial charge in [-0.1, -0.05) is 30.3 Å². The first-order valence-electron chi connectivity index (χ1n) is 7.98. The van der Waals surface area contributed by atoms with Gasteiger partial charge in [0, 0.05) is 18.7 Å². The molecule has 1 fully saturated rings. The van der Waals surface area contributed by atoms with Gasteiger partial charge in [-0.2, -0.15) is 0 Å².